The molecule has 0 radical (unpaired) electrons. The van der Waals surface area contributed by atoms with E-state index in [0.29, 0.717) is 5.92 Å². The molecule has 2 aliphatic heterocycles. The fourth-order valence-corrected chi connectivity index (χ4v) is 4.25. The van der Waals surface area contributed by atoms with Gasteiger partial charge in [0.1, 0.15) is 0 Å². The molecule has 2 N–H and O–H groups in total. The summed E-state index contributed by atoms with van der Waals surface area (Å²) in [7, 11) is 0. The molecule has 1 amide bonds. The van der Waals surface area contributed by atoms with Gasteiger partial charge in [0, 0.05) is 49.2 Å². The number of fused-ring (bicyclic) bond motifs is 2. The van der Waals surface area contributed by atoms with Gasteiger partial charge in [0.2, 0.25) is 5.91 Å². The smallest absolute Gasteiger partial charge is 0.228 e. The summed E-state index contributed by atoms with van der Waals surface area (Å²) >= 11 is 0. The van der Waals surface area contributed by atoms with Crippen LogP contribution in [0.4, 0.5) is 0 Å². The van der Waals surface area contributed by atoms with Gasteiger partial charge in [-0.1, -0.05) is 12.2 Å². The number of piperidine rings is 2. The van der Waals surface area contributed by atoms with Crippen LogP contribution in [0.25, 0.3) is 5.70 Å². The highest BCUT2D eigenvalue weighted by Gasteiger charge is 2.47. The van der Waals surface area contributed by atoms with Crippen LogP contribution >= 0.6 is 0 Å². The second-order valence-electron chi connectivity index (χ2n) is 6.92. The lowest BCUT2D eigenvalue weighted by Gasteiger charge is -2.49. The van der Waals surface area contributed by atoms with E-state index in [1.54, 1.807) is 0 Å². The molecule has 0 bridgehead atoms. The van der Waals surface area contributed by atoms with Gasteiger partial charge in [0.15, 0.2) is 0 Å². The quantitative estimate of drug-likeness (QED) is 0.836. The van der Waals surface area contributed by atoms with Crippen LogP contribution in [0.15, 0.2) is 30.5 Å². The molecule has 4 rings (SSSR count). The largest absolute Gasteiger partial charge is 0.370 e. The van der Waals surface area contributed by atoms with Crippen LogP contribution in [-0.4, -0.2) is 35.4 Å². The molecule has 2 fully saturated rings. The number of likely N-dealkylation sites (tertiary alicyclic amines) is 1. The number of nitrogens with zero attached hydrogens (tertiary/aromatic N) is 1. The maximum Gasteiger partial charge on any atom is 0.228 e. The molecular formula is C18H23N3O. The average Bonchev–Trinajstić information content (AvgIpc) is 2.88. The van der Waals surface area contributed by atoms with Gasteiger partial charge in [-0.05, 0) is 37.8 Å². The van der Waals surface area contributed by atoms with Crippen molar-refractivity contribution in [3.8, 4) is 0 Å². The molecule has 0 aromatic carbocycles. The van der Waals surface area contributed by atoms with Gasteiger partial charge in [-0.25, -0.2) is 0 Å². The van der Waals surface area contributed by atoms with Gasteiger partial charge in [0.05, 0.1) is 5.41 Å². The lowest BCUT2D eigenvalue weighted by Crippen LogP contribution is -2.58. The third-order valence-corrected chi connectivity index (χ3v) is 5.63. The van der Waals surface area contributed by atoms with E-state index in [9.17, 15) is 4.79 Å². The molecular weight excluding hydrogens is 274 g/mol. The highest BCUT2D eigenvalue weighted by Crippen LogP contribution is 2.42. The first-order valence-corrected chi connectivity index (χ1v) is 8.25. The van der Waals surface area contributed by atoms with E-state index < -0.39 is 0 Å². The van der Waals surface area contributed by atoms with Crippen LogP contribution in [0.2, 0.25) is 0 Å². The summed E-state index contributed by atoms with van der Waals surface area (Å²) in [5.74, 6) is 0.748. The molecule has 0 spiro atoms. The maximum absolute atomic E-state index is 12.5. The highest BCUT2D eigenvalue weighted by atomic mass is 16.2. The Morgan fingerprint density at radius 2 is 2.27 bits per heavy atom. The van der Waals surface area contributed by atoms with Gasteiger partial charge in [0.25, 0.3) is 0 Å². The Morgan fingerprint density at radius 3 is 3.18 bits per heavy atom. The van der Waals surface area contributed by atoms with Crippen LogP contribution < -0.4 is 5.32 Å². The predicted molar refractivity (Wildman–Crippen MR) is 87.0 cm³/mol. The lowest BCUT2D eigenvalue weighted by atomic mass is 9.68. The standard InChI is InChI=1S/C18H23N3O/c1-18-12-21(11-8-13(18)6-9-20-17(18)22)16-5-3-2-4-15-14(16)7-10-19-15/h2-3,5,7,10,13,19H,4,6,8-9,11-12H2,1H3,(H,20,22). The Hall–Kier alpha value is -1.97. The van der Waals surface area contributed by atoms with Gasteiger partial charge in [-0.15, -0.1) is 0 Å². The number of aromatic nitrogens is 1. The molecule has 2 unspecified atom stereocenters. The normalized spacial score (nSPS) is 31.0. The molecule has 0 saturated carbocycles. The van der Waals surface area contributed by atoms with Gasteiger partial charge < -0.3 is 15.2 Å². The van der Waals surface area contributed by atoms with Gasteiger partial charge >= 0.3 is 0 Å². The number of allylic oxidation sites excluding steroid dienone is 3. The zero-order valence-electron chi connectivity index (χ0n) is 13.1. The van der Waals surface area contributed by atoms with Gasteiger partial charge in [-0.2, -0.15) is 0 Å². The van der Waals surface area contributed by atoms with Crippen molar-refractivity contribution in [3.63, 3.8) is 0 Å². The third kappa shape index (κ3) is 2.01. The number of carbonyl (C=O) groups excluding carboxylic acids is 1. The molecule has 2 atom stereocenters. The average molecular weight is 297 g/mol. The Labute approximate surface area is 131 Å². The highest BCUT2D eigenvalue weighted by molar-refractivity contribution is 5.84. The molecule has 116 valence electrons. The molecule has 3 heterocycles. The van der Waals surface area contributed by atoms with E-state index in [4.69, 9.17) is 0 Å². The van der Waals surface area contributed by atoms with E-state index in [1.807, 2.05) is 6.20 Å². The van der Waals surface area contributed by atoms with Crippen molar-refractivity contribution in [1.29, 1.82) is 0 Å². The van der Waals surface area contributed by atoms with Crippen LogP contribution in [0.3, 0.4) is 0 Å². The minimum Gasteiger partial charge on any atom is -0.370 e. The van der Waals surface area contributed by atoms with Crippen molar-refractivity contribution in [3.05, 3.63) is 41.7 Å². The molecule has 1 aromatic rings. The Balaban J connectivity index is 1.66. The molecule has 1 aliphatic carbocycles. The SMILES string of the molecule is CC12CN(C3=CC=CCc4[nH]ccc43)CCC1CCNC2=O. The number of nitrogens with one attached hydrogen (secondary N) is 2. The topological polar surface area (TPSA) is 48.1 Å². The van der Waals surface area contributed by atoms with Crippen molar-refractivity contribution in [2.24, 2.45) is 11.3 Å². The number of H-pyrrole nitrogens is 1. The Bertz CT molecular complexity index is 657. The first-order valence-electron chi connectivity index (χ1n) is 8.25. The summed E-state index contributed by atoms with van der Waals surface area (Å²) in [5.41, 5.74) is 3.54. The van der Waals surface area contributed by atoms with Crippen molar-refractivity contribution < 1.29 is 4.79 Å². The monoisotopic (exact) mass is 297 g/mol. The van der Waals surface area contributed by atoms with E-state index in [1.165, 1.54) is 17.0 Å². The van der Waals surface area contributed by atoms with E-state index in [-0.39, 0.29) is 11.3 Å². The van der Waals surface area contributed by atoms with Crippen molar-refractivity contribution in [1.82, 2.24) is 15.2 Å². The van der Waals surface area contributed by atoms with E-state index >= 15 is 0 Å². The number of hydrogen-bond donors (Lipinski definition) is 2. The minimum absolute atomic E-state index is 0.229. The van der Waals surface area contributed by atoms with E-state index in [0.717, 1.165) is 38.9 Å². The summed E-state index contributed by atoms with van der Waals surface area (Å²) < 4.78 is 0. The van der Waals surface area contributed by atoms with Crippen LogP contribution in [-0.2, 0) is 11.2 Å². The van der Waals surface area contributed by atoms with Crippen molar-refractivity contribution >= 4 is 11.6 Å². The number of hydrogen-bond acceptors (Lipinski definition) is 2. The molecule has 3 aliphatic rings. The first-order chi connectivity index (χ1) is 10.7. The molecule has 22 heavy (non-hydrogen) atoms. The number of carbonyl (C=O) groups is 1. The van der Waals surface area contributed by atoms with Crippen molar-refractivity contribution in [2.45, 2.75) is 26.2 Å². The summed E-state index contributed by atoms with van der Waals surface area (Å²) in [6.45, 7) is 4.83. The Kier molecular flexibility index (Phi) is 3.13. The third-order valence-electron chi connectivity index (χ3n) is 5.63. The molecule has 1 aromatic heterocycles. The summed E-state index contributed by atoms with van der Waals surface area (Å²) in [4.78, 5) is 18.2. The number of aromatic amines is 1. The summed E-state index contributed by atoms with van der Waals surface area (Å²) in [6.07, 6.45) is 11.7. The minimum atomic E-state index is -0.260. The van der Waals surface area contributed by atoms with Crippen LogP contribution in [0, 0.1) is 11.3 Å². The van der Waals surface area contributed by atoms with Crippen LogP contribution in [0.5, 0.6) is 0 Å². The maximum atomic E-state index is 12.5. The second kappa shape index (κ2) is 5.04. The summed E-state index contributed by atoms with van der Waals surface area (Å²) in [5, 5.41) is 3.07. The molecule has 4 heteroatoms. The predicted octanol–water partition coefficient (Wildman–Crippen LogP) is 2.32. The lowest BCUT2D eigenvalue weighted by molar-refractivity contribution is -0.139. The zero-order chi connectivity index (χ0) is 15.2. The van der Waals surface area contributed by atoms with Crippen molar-refractivity contribution in [2.75, 3.05) is 19.6 Å². The number of rotatable bonds is 1. The fraction of sp³-hybridized carbons (Fsp3) is 0.500. The molecule has 2 saturated heterocycles. The van der Waals surface area contributed by atoms with E-state index in [2.05, 4.69) is 46.4 Å². The van der Waals surface area contributed by atoms with Crippen LogP contribution in [0.1, 0.15) is 31.0 Å². The Morgan fingerprint density at radius 1 is 1.36 bits per heavy atom. The number of amides is 1. The second-order valence-corrected chi connectivity index (χ2v) is 6.92. The van der Waals surface area contributed by atoms with Gasteiger partial charge in [-0.3, -0.25) is 4.79 Å². The fourth-order valence-electron chi connectivity index (χ4n) is 4.25. The molecule has 4 nitrogen and oxygen atoms in total. The first kappa shape index (κ1) is 13.7. The summed E-state index contributed by atoms with van der Waals surface area (Å²) in [6, 6.07) is 2.16. The zero-order valence-corrected chi connectivity index (χ0v) is 13.1.